The molecule has 2 N–H and O–H groups in total. The monoisotopic (exact) mass is 529 g/mol. The van der Waals surface area contributed by atoms with Gasteiger partial charge in [0, 0.05) is 42.2 Å². The maximum absolute atomic E-state index is 12.9. The predicted molar refractivity (Wildman–Crippen MR) is 147 cm³/mol. The topological polar surface area (TPSA) is 96.5 Å². The molecule has 2 atom stereocenters. The summed E-state index contributed by atoms with van der Waals surface area (Å²) in [6.07, 6.45) is 5.28. The van der Waals surface area contributed by atoms with Gasteiger partial charge in [-0.3, -0.25) is 9.78 Å². The minimum absolute atomic E-state index is 0.0370. The van der Waals surface area contributed by atoms with Crippen LogP contribution in [-0.2, 0) is 16.0 Å². The second-order valence-corrected chi connectivity index (χ2v) is 12.3. The molecule has 0 aromatic carbocycles. The van der Waals surface area contributed by atoms with Crippen molar-refractivity contribution in [2.45, 2.75) is 78.5 Å². The number of nitrogens with one attached hydrogen (secondary N) is 2. The minimum atomic E-state index is -0.560. The number of hydrogen-bond acceptors (Lipinski definition) is 8. The standard InChI is InChI=1S/C26H35N5O3S2/c1-7-15(2)28-12-9-20(32)30-24-21(23-29-18-14-27-11-8-19(18)35-23)17-10-13-31(16(3)22(17)36-24)25(33)34-26(4,5)6/h8,11,14-16,28H,7,9-10,12-13H2,1-6H3,(H,30,32)/t15-,16+/m0/s1. The zero-order chi connectivity index (χ0) is 26.0. The van der Waals surface area contributed by atoms with E-state index < -0.39 is 5.60 Å². The Morgan fingerprint density at radius 1 is 1.31 bits per heavy atom. The molecule has 0 unspecified atom stereocenters. The normalized spacial score (nSPS) is 16.6. The summed E-state index contributed by atoms with van der Waals surface area (Å²) < 4.78 is 6.71. The lowest BCUT2D eigenvalue weighted by Crippen LogP contribution is -2.41. The number of nitrogens with zero attached hydrogens (tertiary/aromatic N) is 3. The first-order valence-electron chi connectivity index (χ1n) is 12.5. The van der Waals surface area contributed by atoms with Crippen LogP contribution < -0.4 is 10.6 Å². The molecule has 0 spiro atoms. The molecule has 4 rings (SSSR count). The van der Waals surface area contributed by atoms with Crippen molar-refractivity contribution in [3.8, 4) is 10.6 Å². The fourth-order valence-corrected chi connectivity index (χ4v) is 6.58. The average Bonchev–Trinajstić information content (AvgIpc) is 3.39. The fourth-order valence-electron chi connectivity index (χ4n) is 4.17. The van der Waals surface area contributed by atoms with Gasteiger partial charge in [-0.25, -0.2) is 9.78 Å². The Balaban J connectivity index is 1.66. The summed E-state index contributed by atoms with van der Waals surface area (Å²) in [6.45, 7) is 13.0. The molecule has 1 aliphatic heterocycles. The third kappa shape index (κ3) is 5.87. The zero-order valence-corrected chi connectivity index (χ0v) is 23.4. The van der Waals surface area contributed by atoms with Gasteiger partial charge >= 0.3 is 6.09 Å². The molecule has 0 bridgehead atoms. The van der Waals surface area contributed by atoms with Crippen molar-refractivity contribution < 1.29 is 14.3 Å². The van der Waals surface area contributed by atoms with E-state index in [1.54, 1.807) is 28.6 Å². The number of thiazole rings is 1. The number of carbonyl (C=O) groups is 2. The molecule has 36 heavy (non-hydrogen) atoms. The smallest absolute Gasteiger partial charge is 0.410 e. The summed E-state index contributed by atoms with van der Waals surface area (Å²) in [4.78, 5) is 37.7. The van der Waals surface area contributed by atoms with Gasteiger partial charge in [0.15, 0.2) is 0 Å². The number of hydrogen-bond donors (Lipinski definition) is 2. The van der Waals surface area contributed by atoms with E-state index in [2.05, 4.69) is 29.5 Å². The first kappa shape index (κ1) is 26.5. The van der Waals surface area contributed by atoms with Crippen LogP contribution in [0, 0.1) is 0 Å². The maximum Gasteiger partial charge on any atom is 0.410 e. The van der Waals surface area contributed by atoms with Gasteiger partial charge in [0.2, 0.25) is 5.91 Å². The maximum atomic E-state index is 12.9. The lowest BCUT2D eigenvalue weighted by molar-refractivity contribution is -0.116. The van der Waals surface area contributed by atoms with E-state index in [0.717, 1.165) is 42.7 Å². The van der Waals surface area contributed by atoms with Crippen molar-refractivity contribution in [1.29, 1.82) is 0 Å². The number of thiophene rings is 1. The van der Waals surface area contributed by atoms with Crippen LogP contribution in [0.2, 0.25) is 0 Å². The molecule has 10 heteroatoms. The second kappa shape index (κ2) is 10.8. The summed E-state index contributed by atoms with van der Waals surface area (Å²) in [7, 11) is 0. The quantitative estimate of drug-likeness (QED) is 0.390. The van der Waals surface area contributed by atoms with Gasteiger partial charge in [0.05, 0.1) is 16.9 Å². The van der Waals surface area contributed by atoms with Crippen LogP contribution in [0.1, 0.15) is 70.9 Å². The zero-order valence-electron chi connectivity index (χ0n) is 21.8. The van der Waals surface area contributed by atoms with E-state index in [9.17, 15) is 9.59 Å². The number of rotatable bonds is 7. The van der Waals surface area contributed by atoms with Crippen LogP contribution in [0.3, 0.4) is 0 Å². The molecule has 0 aliphatic carbocycles. The summed E-state index contributed by atoms with van der Waals surface area (Å²) in [5.74, 6) is -0.0370. The first-order chi connectivity index (χ1) is 17.1. The van der Waals surface area contributed by atoms with Gasteiger partial charge in [-0.2, -0.15) is 0 Å². The number of fused-ring (bicyclic) bond motifs is 2. The van der Waals surface area contributed by atoms with Crippen LogP contribution in [-0.4, -0.2) is 51.6 Å². The Labute approximate surface area is 220 Å². The van der Waals surface area contributed by atoms with E-state index in [1.807, 2.05) is 33.8 Å². The van der Waals surface area contributed by atoms with Gasteiger partial charge in [-0.1, -0.05) is 6.92 Å². The third-order valence-corrected chi connectivity index (χ3v) is 8.60. The van der Waals surface area contributed by atoms with Crippen molar-refractivity contribution in [1.82, 2.24) is 20.2 Å². The molecular weight excluding hydrogens is 494 g/mol. The van der Waals surface area contributed by atoms with Crippen molar-refractivity contribution >= 4 is 49.9 Å². The molecule has 3 aromatic rings. The van der Waals surface area contributed by atoms with Crippen LogP contribution in [0.15, 0.2) is 18.5 Å². The van der Waals surface area contributed by atoms with Gasteiger partial charge in [0.1, 0.15) is 21.1 Å². The minimum Gasteiger partial charge on any atom is -0.444 e. The Bertz CT molecular complexity index is 1210. The van der Waals surface area contributed by atoms with E-state index in [4.69, 9.17) is 9.72 Å². The molecule has 2 amide bonds. The van der Waals surface area contributed by atoms with Gasteiger partial charge < -0.3 is 20.3 Å². The summed E-state index contributed by atoms with van der Waals surface area (Å²) in [5, 5.41) is 8.19. The van der Waals surface area contributed by atoms with Crippen LogP contribution in [0.5, 0.6) is 0 Å². The molecule has 4 heterocycles. The molecule has 1 aliphatic rings. The number of ether oxygens (including phenoxy) is 1. The van der Waals surface area contributed by atoms with E-state index in [0.29, 0.717) is 32.0 Å². The average molecular weight is 530 g/mol. The van der Waals surface area contributed by atoms with Crippen LogP contribution >= 0.6 is 22.7 Å². The first-order valence-corrected chi connectivity index (χ1v) is 14.1. The van der Waals surface area contributed by atoms with Gasteiger partial charge in [-0.15, -0.1) is 22.7 Å². The Morgan fingerprint density at radius 3 is 2.78 bits per heavy atom. The highest BCUT2D eigenvalue weighted by atomic mass is 32.1. The SMILES string of the molecule is CC[C@H](C)NCCC(=O)Nc1sc2c(c1-c1nc3cnccc3s1)CCN(C(=O)OC(C)(C)C)[C@@H]2C. The molecule has 194 valence electrons. The Morgan fingerprint density at radius 2 is 2.08 bits per heavy atom. The number of aromatic nitrogens is 2. The molecule has 3 aromatic heterocycles. The number of carbonyl (C=O) groups excluding carboxylic acids is 2. The van der Waals surface area contributed by atoms with Crippen molar-refractivity contribution in [2.24, 2.45) is 0 Å². The lowest BCUT2D eigenvalue weighted by Gasteiger charge is -2.35. The van der Waals surface area contributed by atoms with Crippen molar-refractivity contribution in [2.75, 3.05) is 18.4 Å². The second-order valence-electron chi connectivity index (χ2n) is 10.2. The van der Waals surface area contributed by atoms with E-state index in [-0.39, 0.29) is 18.0 Å². The number of amides is 2. The predicted octanol–water partition coefficient (Wildman–Crippen LogP) is 5.99. The molecule has 0 saturated heterocycles. The van der Waals surface area contributed by atoms with E-state index >= 15 is 0 Å². The highest BCUT2D eigenvalue weighted by Gasteiger charge is 2.36. The Kier molecular flexibility index (Phi) is 7.96. The molecular formula is C26H35N5O3S2. The summed E-state index contributed by atoms with van der Waals surface area (Å²) >= 11 is 3.13. The lowest BCUT2D eigenvalue weighted by atomic mass is 9.98. The van der Waals surface area contributed by atoms with Crippen molar-refractivity contribution in [3.63, 3.8) is 0 Å². The Hall–Kier alpha value is -2.56. The largest absolute Gasteiger partial charge is 0.444 e. The summed E-state index contributed by atoms with van der Waals surface area (Å²) in [6, 6.07) is 2.17. The molecule has 0 fully saturated rings. The third-order valence-electron chi connectivity index (χ3n) is 6.23. The fraction of sp³-hybridized carbons (Fsp3) is 0.538. The van der Waals surface area contributed by atoms with Crippen LogP contribution in [0.25, 0.3) is 20.8 Å². The summed E-state index contributed by atoms with van der Waals surface area (Å²) in [5.41, 5.74) is 2.39. The van der Waals surface area contributed by atoms with Crippen LogP contribution in [0.4, 0.5) is 9.80 Å². The molecule has 0 saturated carbocycles. The number of anilines is 1. The molecule has 8 nitrogen and oxygen atoms in total. The van der Waals surface area contributed by atoms with E-state index in [1.165, 1.54) is 11.3 Å². The molecule has 0 radical (unpaired) electrons. The van der Waals surface area contributed by atoms with Gasteiger partial charge in [0.25, 0.3) is 0 Å². The highest BCUT2D eigenvalue weighted by Crippen LogP contribution is 2.48. The van der Waals surface area contributed by atoms with Crippen molar-refractivity contribution in [3.05, 3.63) is 28.9 Å². The highest BCUT2D eigenvalue weighted by molar-refractivity contribution is 7.23. The number of pyridine rings is 1. The van der Waals surface area contributed by atoms with Gasteiger partial charge in [-0.05, 0) is 59.1 Å².